The molecule has 1 aromatic heterocycles. The van der Waals surface area contributed by atoms with Gasteiger partial charge in [-0.15, -0.1) is 0 Å². The third-order valence-electron chi connectivity index (χ3n) is 3.70. The molecule has 1 N–H and O–H groups in total. The van der Waals surface area contributed by atoms with Gasteiger partial charge in [0.25, 0.3) is 0 Å². The number of ether oxygens (including phenoxy) is 1. The Balaban J connectivity index is 1.58. The molecule has 24 heavy (non-hydrogen) atoms. The number of hydrogen-bond donors (Lipinski definition) is 1. The molecule has 0 spiro atoms. The van der Waals surface area contributed by atoms with Gasteiger partial charge in [-0.05, 0) is 29.7 Å². The second kappa shape index (κ2) is 7.38. The fraction of sp³-hybridized carbons (Fsp3) is 0.150. The zero-order chi connectivity index (χ0) is 16.8. The zero-order valence-electron chi connectivity index (χ0n) is 13.5. The molecule has 0 saturated heterocycles. The molecule has 120 valence electrons. The second-order valence-electron chi connectivity index (χ2n) is 5.28. The number of nitrogens with one attached hydrogen (secondary N) is 1. The molecule has 0 atom stereocenters. The molecule has 3 aromatic rings. The topological polar surface area (TPSA) is 43.3 Å². The van der Waals surface area contributed by atoms with Gasteiger partial charge in [0.1, 0.15) is 12.3 Å². The molecular formula is C20H18N2O2. The summed E-state index contributed by atoms with van der Waals surface area (Å²) in [5, 5.41) is 3.95. The average molecular weight is 318 g/mol. The summed E-state index contributed by atoms with van der Waals surface area (Å²) in [6.45, 7) is 0.583. The lowest BCUT2D eigenvalue weighted by Gasteiger charge is -2.05. The standard InChI is InChI=1S/C20H18N2O2/c1-24-19-11-5-3-8-17(19)9-6-13-21-20(23)15-22-14-12-16-7-2-4-10-18(16)22/h2-5,7-8,10-12,14H,13,15H2,1H3,(H,21,23). The van der Waals surface area contributed by atoms with Gasteiger partial charge in [-0.1, -0.05) is 42.2 Å². The van der Waals surface area contributed by atoms with Crippen LogP contribution >= 0.6 is 0 Å². The summed E-state index contributed by atoms with van der Waals surface area (Å²) in [4.78, 5) is 12.1. The van der Waals surface area contributed by atoms with Gasteiger partial charge >= 0.3 is 0 Å². The van der Waals surface area contributed by atoms with E-state index in [0.717, 1.165) is 22.2 Å². The van der Waals surface area contributed by atoms with E-state index in [1.165, 1.54) is 0 Å². The number of carbonyl (C=O) groups is 1. The average Bonchev–Trinajstić information content (AvgIpc) is 3.02. The Morgan fingerprint density at radius 3 is 2.79 bits per heavy atom. The van der Waals surface area contributed by atoms with Crippen molar-refractivity contribution in [3.63, 3.8) is 0 Å². The number of carbonyl (C=O) groups excluding carboxylic acids is 1. The maximum atomic E-state index is 12.1. The molecular weight excluding hydrogens is 300 g/mol. The first-order chi connectivity index (χ1) is 11.8. The second-order valence-corrected chi connectivity index (χ2v) is 5.28. The maximum absolute atomic E-state index is 12.1. The zero-order valence-corrected chi connectivity index (χ0v) is 13.5. The van der Waals surface area contributed by atoms with Crippen LogP contribution in [0.5, 0.6) is 5.75 Å². The lowest BCUT2D eigenvalue weighted by molar-refractivity contribution is -0.121. The summed E-state index contributed by atoms with van der Waals surface area (Å²) in [7, 11) is 1.61. The molecule has 0 fully saturated rings. The predicted octanol–water partition coefficient (Wildman–Crippen LogP) is 2.82. The van der Waals surface area contributed by atoms with Crippen LogP contribution in [0.1, 0.15) is 5.56 Å². The van der Waals surface area contributed by atoms with E-state index in [2.05, 4.69) is 17.2 Å². The minimum atomic E-state index is -0.0642. The molecule has 0 saturated carbocycles. The fourth-order valence-electron chi connectivity index (χ4n) is 2.52. The Bertz CT molecular complexity index is 916. The molecule has 4 nitrogen and oxygen atoms in total. The number of fused-ring (bicyclic) bond motifs is 1. The van der Waals surface area contributed by atoms with Gasteiger partial charge in [0, 0.05) is 11.7 Å². The largest absolute Gasteiger partial charge is 0.495 e. The summed E-state index contributed by atoms with van der Waals surface area (Å²) in [6, 6.07) is 17.5. The summed E-state index contributed by atoms with van der Waals surface area (Å²) >= 11 is 0. The van der Waals surface area contributed by atoms with Crippen molar-refractivity contribution in [2.24, 2.45) is 0 Å². The van der Waals surface area contributed by atoms with Gasteiger partial charge in [0.2, 0.25) is 5.91 Å². The lowest BCUT2D eigenvalue weighted by Crippen LogP contribution is -2.27. The summed E-state index contributed by atoms with van der Waals surface area (Å²) in [6.07, 6.45) is 1.92. The first-order valence-electron chi connectivity index (χ1n) is 7.70. The van der Waals surface area contributed by atoms with Crippen molar-refractivity contribution in [1.82, 2.24) is 9.88 Å². The number of nitrogens with zero attached hydrogens (tertiary/aromatic N) is 1. The quantitative estimate of drug-likeness (QED) is 0.752. The van der Waals surface area contributed by atoms with Gasteiger partial charge in [-0.3, -0.25) is 4.79 Å². The van der Waals surface area contributed by atoms with Crippen molar-refractivity contribution in [3.05, 3.63) is 66.4 Å². The smallest absolute Gasteiger partial charge is 0.240 e. The Morgan fingerprint density at radius 2 is 1.92 bits per heavy atom. The van der Waals surface area contributed by atoms with Crippen LogP contribution < -0.4 is 10.1 Å². The van der Waals surface area contributed by atoms with E-state index >= 15 is 0 Å². The Morgan fingerprint density at radius 1 is 1.12 bits per heavy atom. The highest BCUT2D eigenvalue weighted by molar-refractivity contribution is 5.83. The fourth-order valence-corrected chi connectivity index (χ4v) is 2.52. The van der Waals surface area contributed by atoms with Gasteiger partial charge < -0.3 is 14.6 Å². The third kappa shape index (κ3) is 3.58. The normalized spacial score (nSPS) is 10.0. The van der Waals surface area contributed by atoms with E-state index < -0.39 is 0 Å². The number of hydrogen-bond acceptors (Lipinski definition) is 2. The number of para-hydroxylation sites is 2. The molecule has 0 bridgehead atoms. The number of methoxy groups -OCH3 is 1. The maximum Gasteiger partial charge on any atom is 0.240 e. The van der Waals surface area contributed by atoms with E-state index in [-0.39, 0.29) is 12.5 Å². The number of amides is 1. The van der Waals surface area contributed by atoms with Crippen LogP contribution in [-0.2, 0) is 11.3 Å². The van der Waals surface area contributed by atoms with Crippen LogP contribution in [0, 0.1) is 11.8 Å². The van der Waals surface area contributed by atoms with Gasteiger partial charge in [-0.25, -0.2) is 0 Å². The van der Waals surface area contributed by atoms with Crippen molar-refractivity contribution >= 4 is 16.8 Å². The van der Waals surface area contributed by atoms with Crippen molar-refractivity contribution in [3.8, 4) is 17.6 Å². The molecule has 0 unspecified atom stereocenters. The van der Waals surface area contributed by atoms with E-state index in [1.807, 2.05) is 65.4 Å². The van der Waals surface area contributed by atoms with E-state index in [4.69, 9.17) is 4.74 Å². The van der Waals surface area contributed by atoms with Crippen LogP contribution in [0.4, 0.5) is 0 Å². The SMILES string of the molecule is COc1ccccc1C#CCNC(=O)Cn1ccc2ccccc21. The highest BCUT2D eigenvalue weighted by Gasteiger charge is 2.04. The molecule has 3 rings (SSSR count). The Hall–Kier alpha value is -3.19. The molecule has 2 aromatic carbocycles. The Kier molecular flexibility index (Phi) is 4.83. The monoisotopic (exact) mass is 318 g/mol. The summed E-state index contributed by atoms with van der Waals surface area (Å²) in [5.74, 6) is 6.63. The number of rotatable bonds is 4. The van der Waals surface area contributed by atoms with Gasteiger partial charge in [0.05, 0.1) is 19.2 Å². The molecule has 4 heteroatoms. The number of aromatic nitrogens is 1. The molecule has 0 aliphatic rings. The highest BCUT2D eigenvalue weighted by atomic mass is 16.5. The summed E-state index contributed by atoms with van der Waals surface area (Å²) in [5.41, 5.74) is 1.86. The van der Waals surface area contributed by atoms with Crippen molar-refractivity contribution < 1.29 is 9.53 Å². The highest BCUT2D eigenvalue weighted by Crippen LogP contribution is 2.15. The first kappa shape index (κ1) is 15.7. The minimum Gasteiger partial charge on any atom is -0.495 e. The molecule has 0 aliphatic carbocycles. The van der Waals surface area contributed by atoms with Gasteiger partial charge in [0.15, 0.2) is 0 Å². The van der Waals surface area contributed by atoms with Crippen molar-refractivity contribution in [2.45, 2.75) is 6.54 Å². The minimum absolute atomic E-state index is 0.0642. The Labute approximate surface area is 141 Å². The van der Waals surface area contributed by atoms with Crippen molar-refractivity contribution in [2.75, 3.05) is 13.7 Å². The first-order valence-corrected chi connectivity index (χ1v) is 7.70. The summed E-state index contributed by atoms with van der Waals surface area (Å²) < 4.78 is 7.17. The van der Waals surface area contributed by atoms with Crippen LogP contribution in [0.15, 0.2) is 60.8 Å². The van der Waals surface area contributed by atoms with Gasteiger partial charge in [-0.2, -0.15) is 0 Å². The molecule has 1 heterocycles. The number of benzene rings is 2. The lowest BCUT2D eigenvalue weighted by atomic mass is 10.2. The van der Waals surface area contributed by atoms with E-state index in [9.17, 15) is 4.79 Å². The molecule has 0 aliphatic heterocycles. The molecule has 1 amide bonds. The van der Waals surface area contributed by atoms with Crippen LogP contribution in [0.25, 0.3) is 10.9 Å². The van der Waals surface area contributed by atoms with Crippen LogP contribution in [-0.4, -0.2) is 24.1 Å². The van der Waals surface area contributed by atoms with E-state index in [1.54, 1.807) is 7.11 Å². The van der Waals surface area contributed by atoms with Crippen molar-refractivity contribution in [1.29, 1.82) is 0 Å². The predicted molar refractivity (Wildman–Crippen MR) is 94.8 cm³/mol. The van der Waals surface area contributed by atoms with E-state index in [0.29, 0.717) is 6.54 Å². The van der Waals surface area contributed by atoms with Crippen LogP contribution in [0.2, 0.25) is 0 Å². The van der Waals surface area contributed by atoms with Crippen LogP contribution in [0.3, 0.4) is 0 Å². The third-order valence-corrected chi connectivity index (χ3v) is 3.70. The molecule has 0 radical (unpaired) electrons.